The van der Waals surface area contributed by atoms with Crippen LogP contribution in [0.3, 0.4) is 0 Å². The van der Waals surface area contributed by atoms with Crippen LogP contribution < -0.4 is 0 Å². The van der Waals surface area contributed by atoms with E-state index in [9.17, 15) is 0 Å². The first-order valence-corrected chi connectivity index (χ1v) is 38.4. The molecule has 0 radical (unpaired) electrons. The summed E-state index contributed by atoms with van der Waals surface area (Å²) in [6.45, 7) is 0. The molecule has 0 heterocycles. The van der Waals surface area contributed by atoms with Crippen LogP contribution in [-0.4, -0.2) is 0 Å². The normalized spacial score (nSPS) is 10.6. The van der Waals surface area contributed by atoms with Gasteiger partial charge in [0, 0.05) is 111 Å². The molecular formula is C115H70. The van der Waals surface area contributed by atoms with E-state index in [0.29, 0.717) is 32.1 Å². The molecule has 0 unspecified atom stereocenters. The molecule has 0 atom stereocenters. The van der Waals surface area contributed by atoms with Crippen molar-refractivity contribution in [3.8, 4) is 118 Å². The van der Waals surface area contributed by atoms with Crippen molar-refractivity contribution in [2.45, 2.75) is 32.1 Å². The van der Waals surface area contributed by atoms with Gasteiger partial charge in [-0.1, -0.05) is 300 Å². The summed E-state index contributed by atoms with van der Waals surface area (Å²) in [6.07, 6.45) is 2.14. The SMILES string of the molecule is C(#Cc1cc2c(C#Cc3ccccc3)cc1Cc1cc(C#Cc3ccccc3)c(cc1C#Cc1ccccc1)Cc1cc(C#Cc3ccccc3)c(cc1C#Cc1ccccc1)Cc1cc(C#Cc3ccccc3)c(cc1C#Cc1ccccc1)Cc1cc(C#Cc3ccccc3)c(cc1C#Cc1ccccc1)C2)c1ccccc1. The molecule has 10 aliphatic carbocycles. The zero-order valence-corrected chi connectivity index (χ0v) is 63.2. The summed E-state index contributed by atoms with van der Waals surface area (Å²) in [5.41, 5.74) is 27.1. The minimum atomic E-state index is 0.427. The van der Waals surface area contributed by atoms with E-state index in [1.54, 1.807) is 0 Å². The third kappa shape index (κ3) is 19.7. The molecule has 0 heteroatoms. The van der Waals surface area contributed by atoms with Crippen LogP contribution in [0, 0.1) is 118 Å². The standard InChI is InChI=1S/C115H70/c1-11-31-86(32-12-1)51-61-96-71-107-82-109-75-101(66-56-91-41-21-6-22-42-91)111(76-100(109)65-55-90-39-19-5-20-40-90)84-113-79-105(70-60-95-49-29-10-30-50-95)115(80-104(113)69-59-94-47-27-9-28-48-94)85-114-78-102(67-57-92-43-23-7-24-44-92)112(77-103(114)68-58-93-45-25-8-26-46-93)83-110-74-98(63-53-88-35-15-3-16-36-88)108(73-99(110)64-54-89-37-17-4-18-38-89)81-106(96)72-97(107)62-52-87-33-13-2-14-34-87/h1-50,71-80H,81-85H2. The van der Waals surface area contributed by atoms with Crippen LogP contribution in [0.2, 0.25) is 0 Å². The molecule has 0 aliphatic heterocycles. The van der Waals surface area contributed by atoms with Crippen molar-refractivity contribution in [3.05, 3.63) is 531 Å². The quantitative estimate of drug-likeness (QED) is 0.133. The van der Waals surface area contributed by atoms with E-state index < -0.39 is 0 Å². The van der Waals surface area contributed by atoms with Gasteiger partial charge < -0.3 is 0 Å². The Morgan fingerprint density at radius 2 is 0.191 bits per heavy atom. The molecule has 0 nitrogen and oxygen atoms in total. The van der Waals surface area contributed by atoms with Gasteiger partial charge in [0.25, 0.3) is 0 Å². The highest BCUT2D eigenvalue weighted by Crippen LogP contribution is 2.33. The molecule has 0 N–H and O–H groups in total. The van der Waals surface area contributed by atoms with Crippen molar-refractivity contribution < 1.29 is 0 Å². The lowest BCUT2D eigenvalue weighted by atomic mass is 9.86. The number of hydrogen-bond acceptors (Lipinski definition) is 0. The fourth-order valence-corrected chi connectivity index (χ4v) is 13.7. The lowest BCUT2D eigenvalue weighted by molar-refractivity contribution is 1.10. The summed E-state index contributed by atoms with van der Waals surface area (Å²) in [6, 6.07) is 125. The summed E-state index contributed by atoms with van der Waals surface area (Å²) in [5.74, 6) is 73.7. The highest BCUT2D eigenvalue weighted by atomic mass is 14.2. The Bertz CT molecular complexity index is 5420. The van der Waals surface area contributed by atoms with E-state index in [1.165, 1.54) is 0 Å². The Morgan fingerprint density at radius 3 is 0.278 bits per heavy atom. The largest absolute Gasteiger partial charge is 0.0622 e. The lowest BCUT2D eigenvalue weighted by Crippen LogP contribution is -2.05. The third-order valence-corrected chi connectivity index (χ3v) is 19.7. The molecule has 0 spiro atoms. The van der Waals surface area contributed by atoms with E-state index >= 15 is 0 Å². The van der Waals surface area contributed by atoms with Crippen LogP contribution in [0.15, 0.2) is 364 Å². The molecule has 25 rings (SSSR count). The number of rotatable bonds is 0. The summed E-state index contributed by atoms with van der Waals surface area (Å²) in [5, 5.41) is 0. The number of benzene rings is 15. The van der Waals surface area contributed by atoms with Crippen LogP contribution in [0.25, 0.3) is 0 Å². The molecule has 0 fully saturated rings. The van der Waals surface area contributed by atoms with Crippen molar-refractivity contribution in [3.63, 3.8) is 0 Å². The maximum Gasteiger partial charge on any atom is 0.0288 e. The summed E-state index contributed by atoms with van der Waals surface area (Å²) in [7, 11) is 0. The predicted octanol–water partition coefficient (Wildman–Crippen LogP) is 22.0. The van der Waals surface area contributed by atoms with Gasteiger partial charge in [0.05, 0.1) is 0 Å². The Hall–Kier alpha value is -16.1. The second kappa shape index (κ2) is 36.4. The van der Waals surface area contributed by atoms with E-state index in [4.69, 9.17) is 0 Å². The van der Waals surface area contributed by atoms with Crippen LogP contribution in [0.1, 0.15) is 167 Å². The zero-order valence-electron chi connectivity index (χ0n) is 63.2. The van der Waals surface area contributed by atoms with E-state index in [1.807, 2.05) is 182 Å². The Labute approximate surface area is 676 Å². The van der Waals surface area contributed by atoms with Gasteiger partial charge in [-0.05, 0) is 270 Å². The maximum atomic E-state index is 3.76. The van der Waals surface area contributed by atoms with Crippen LogP contribution >= 0.6 is 0 Å². The van der Waals surface area contributed by atoms with Gasteiger partial charge in [-0.25, -0.2) is 0 Å². The van der Waals surface area contributed by atoms with Crippen LogP contribution in [-0.2, 0) is 32.1 Å². The molecule has 10 aliphatic rings. The molecule has 15 aromatic carbocycles. The highest BCUT2D eigenvalue weighted by molar-refractivity contribution is 5.67. The first-order valence-electron chi connectivity index (χ1n) is 38.4. The minimum Gasteiger partial charge on any atom is -0.0622 e. The fourth-order valence-electron chi connectivity index (χ4n) is 13.7. The molecule has 115 heavy (non-hydrogen) atoms. The predicted molar refractivity (Wildman–Crippen MR) is 470 cm³/mol. The van der Waals surface area contributed by atoms with Crippen molar-refractivity contribution in [2.75, 3.05) is 0 Å². The average Bonchev–Trinajstić information content (AvgIpc) is 1.16. The molecule has 0 saturated heterocycles. The summed E-state index contributed by atoms with van der Waals surface area (Å²) in [4.78, 5) is 0. The van der Waals surface area contributed by atoms with Crippen molar-refractivity contribution in [1.29, 1.82) is 0 Å². The van der Waals surface area contributed by atoms with Crippen LogP contribution in [0.4, 0.5) is 0 Å². The Balaban J connectivity index is 1.04. The molecule has 10 bridgehead atoms. The molecule has 0 aromatic heterocycles. The van der Waals surface area contributed by atoms with Gasteiger partial charge in [0.1, 0.15) is 0 Å². The van der Waals surface area contributed by atoms with Gasteiger partial charge in [-0.3, -0.25) is 0 Å². The average molecular weight is 1450 g/mol. The second-order valence-electron chi connectivity index (χ2n) is 27.9. The van der Waals surface area contributed by atoms with Crippen LogP contribution in [0.5, 0.6) is 0 Å². The molecule has 0 saturated carbocycles. The van der Waals surface area contributed by atoms with Gasteiger partial charge in [-0.2, -0.15) is 0 Å². The lowest BCUT2D eigenvalue weighted by Gasteiger charge is -2.17. The minimum absolute atomic E-state index is 0.427. The highest BCUT2D eigenvalue weighted by Gasteiger charge is 2.21. The third-order valence-electron chi connectivity index (χ3n) is 19.7. The van der Waals surface area contributed by atoms with E-state index in [0.717, 1.165) is 167 Å². The zero-order chi connectivity index (χ0) is 77.4. The van der Waals surface area contributed by atoms with Crippen molar-refractivity contribution in [1.82, 2.24) is 0 Å². The van der Waals surface area contributed by atoms with Gasteiger partial charge in [0.2, 0.25) is 0 Å². The monoisotopic (exact) mass is 1450 g/mol. The smallest absolute Gasteiger partial charge is 0.0288 e. The fraction of sp³-hybridized carbons (Fsp3) is 0.0435. The topological polar surface area (TPSA) is 0 Å². The number of hydrogen-bond donors (Lipinski definition) is 0. The Kier molecular flexibility index (Phi) is 23.1. The van der Waals surface area contributed by atoms with E-state index in [-0.39, 0.29) is 0 Å². The molecule has 530 valence electrons. The Morgan fingerprint density at radius 1 is 0.104 bits per heavy atom. The maximum absolute atomic E-state index is 3.76. The summed E-state index contributed by atoms with van der Waals surface area (Å²) < 4.78 is 0. The molecule has 15 aromatic rings. The second-order valence-corrected chi connectivity index (χ2v) is 27.9. The summed E-state index contributed by atoms with van der Waals surface area (Å²) >= 11 is 0. The first kappa shape index (κ1) is 73.1. The van der Waals surface area contributed by atoms with Gasteiger partial charge >= 0.3 is 0 Å². The first-order chi connectivity index (χ1) is 56.9. The molecular weight excluding hydrogens is 1380 g/mol. The molecule has 0 amide bonds. The van der Waals surface area contributed by atoms with Crippen molar-refractivity contribution in [2.24, 2.45) is 0 Å². The van der Waals surface area contributed by atoms with E-state index in [2.05, 4.69) is 300 Å². The van der Waals surface area contributed by atoms with Crippen molar-refractivity contribution >= 4 is 0 Å². The van der Waals surface area contributed by atoms with Gasteiger partial charge in [-0.15, -0.1) is 0 Å². The van der Waals surface area contributed by atoms with Gasteiger partial charge in [0.15, 0.2) is 0 Å².